The number of carbonyl (C=O) groups excluding carboxylic acids is 1. The first-order valence-electron chi connectivity index (χ1n) is 10.5. The summed E-state index contributed by atoms with van der Waals surface area (Å²) in [5.41, 5.74) is 2.65. The van der Waals surface area contributed by atoms with Gasteiger partial charge >= 0.3 is 0 Å². The summed E-state index contributed by atoms with van der Waals surface area (Å²) >= 11 is 5.99. The number of benzene rings is 2. The first kappa shape index (κ1) is 21.2. The number of halogens is 2. The molecule has 3 heterocycles. The molecular weight excluding hydrogens is 443 g/mol. The number of likely N-dealkylation sites (tertiary alicyclic amines) is 1. The van der Waals surface area contributed by atoms with Crippen LogP contribution in [0.25, 0.3) is 22.2 Å². The van der Waals surface area contributed by atoms with Crippen LogP contribution in [0.3, 0.4) is 0 Å². The summed E-state index contributed by atoms with van der Waals surface area (Å²) in [6.45, 7) is 4.84. The molecule has 0 aliphatic carbocycles. The molecule has 0 unspecified atom stereocenters. The van der Waals surface area contributed by atoms with Crippen LogP contribution in [-0.2, 0) is 4.79 Å². The zero-order chi connectivity index (χ0) is 22.9. The lowest BCUT2D eigenvalue weighted by atomic mass is 10.1. The Kier molecular flexibility index (Phi) is 5.56. The normalized spacial score (nSPS) is 15.7. The van der Waals surface area contributed by atoms with Gasteiger partial charge in [-0.05, 0) is 55.0 Å². The van der Waals surface area contributed by atoms with Crippen molar-refractivity contribution < 1.29 is 13.9 Å². The maximum atomic E-state index is 13.7. The Balaban J connectivity index is 1.45. The van der Waals surface area contributed by atoms with E-state index in [1.54, 1.807) is 41.6 Å². The lowest BCUT2D eigenvalue weighted by Crippen LogP contribution is -2.27. The molecule has 0 radical (unpaired) electrons. The minimum Gasteiger partial charge on any atom is -0.456 e. The van der Waals surface area contributed by atoms with Crippen molar-refractivity contribution in [2.45, 2.75) is 12.5 Å². The van der Waals surface area contributed by atoms with Crippen LogP contribution in [0.1, 0.15) is 12.5 Å². The standard InChI is InChI=1S/C25H20ClFN4O2/c1-2-23(32)30-13-11-17(15-30)31-21-10-12-28-14-19(21)25(29-31)16-6-8-18(9-7-16)33-22-5-3-4-20(27)24(22)26/h2-10,12,14,17H,1,11,13,15H2/t17-/m1/s1. The molecule has 8 heteroatoms. The second-order valence-electron chi connectivity index (χ2n) is 7.80. The molecule has 1 fully saturated rings. The van der Waals surface area contributed by atoms with E-state index in [2.05, 4.69) is 11.6 Å². The summed E-state index contributed by atoms with van der Waals surface area (Å²) in [4.78, 5) is 18.1. The number of aromatic nitrogens is 3. The number of rotatable bonds is 5. The molecule has 0 spiro atoms. The number of hydrogen-bond acceptors (Lipinski definition) is 4. The van der Waals surface area contributed by atoms with Gasteiger partial charge in [-0.25, -0.2) is 4.39 Å². The zero-order valence-corrected chi connectivity index (χ0v) is 18.4. The van der Waals surface area contributed by atoms with Crippen molar-refractivity contribution in [3.8, 4) is 22.8 Å². The Bertz CT molecular complexity index is 1350. The molecule has 2 aromatic carbocycles. The number of pyridine rings is 1. The van der Waals surface area contributed by atoms with Crippen LogP contribution < -0.4 is 4.74 Å². The molecule has 2 aromatic heterocycles. The number of amides is 1. The third-order valence-electron chi connectivity index (χ3n) is 5.78. The van der Waals surface area contributed by atoms with Crippen molar-refractivity contribution in [1.82, 2.24) is 19.7 Å². The van der Waals surface area contributed by atoms with Gasteiger partial charge in [-0.1, -0.05) is 24.2 Å². The van der Waals surface area contributed by atoms with Gasteiger partial charge in [0.15, 0.2) is 0 Å². The van der Waals surface area contributed by atoms with Gasteiger partial charge in [0.25, 0.3) is 0 Å². The highest BCUT2D eigenvalue weighted by atomic mass is 35.5. The molecule has 4 aromatic rings. The largest absolute Gasteiger partial charge is 0.456 e. The van der Waals surface area contributed by atoms with E-state index in [0.717, 1.165) is 28.6 Å². The fraction of sp³-hybridized carbons (Fsp3) is 0.160. The smallest absolute Gasteiger partial charge is 0.246 e. The molecule has 5 rings (SSSR count). The van der Waals surface area contributed by atoms with Gasteiger partial charge in [-0.3, -0.25) is 14.5 Å². The fourth-order valence-electron chi connectivity index (χ4n) is 4.12. The lowest BCUT2D eigenvalue weighted by molar-refractivity contribution is -0.125. The van der Waals surface area contributed by atoms with E-state index in [-0.39, 0.29) is 22.7 Å². The summed E-state index contributed by atoms with van der Waals surface area (Å²) in [7, 11) is 0. The van der Waals surface area contributed by atoms with Crippen molar-refractivity contribution >= 4 is 28.4 Å². The molecule has 0 saturated carbocycles. The first-order chi connectivity index (χ1) is 16.0. The molecule has 1 aliphatic rings. The van der Waals surface area contributed by atoms with Crippen LogP contribution in [-0.4, -0.2) is 38.7 Å². The molecule has 1 atom stereocenters. The molecule has 0 N–H and O–H groups in total. The summed E-state index contributed by atoms with van der Waals surface area (Å²) in [5, 5.41) is 5.77. The predicted octanol–water partition coefficient (Wildman–Crippen LogP) is 5.64. The molecule has 1 saturated heterocycles. The Morgan fingerprint density at radius 3 is 2.82 bits per heavy atom. The van der Waals surface area contributed by atoms with E-state index in [0.29, 0.717) is 18.8 Å². The second-order valence-corrected chi connectivity index (χ2v) is 8.17. The second kappa shape index (κ2) is 8.67. The van der Waals surface area contributed by atoms with Crippen LogP contribution in [0.15, 0.2) is 73.6 Å². The molecular formula is C25H20ClFN4O2. The van der Waals surface area contributed by atoms with Crippen molar-refractivity contribution in [2.24, 2.45) is 0 Å². The van der Waals surface area contributed by atoms with Gasteiger partial charge in [-0.15, -0.1) is 0 Å². The number of nitrogens with zero attached hydrogens (tertiary/aromatic N) is 4. The topological polar surface area (TPSA) is 60.2 Å². The van der Waals surface area contributed by atoms with Crippen molar-refractivity contribution in [3.63, 3.8) is 0 Å². The quantitative estimate of drug-likeness (QED) is 0.360. The van der Waals surface area contributed by atoms with Gasteiger partial charge in [-0.2, -0.15) is 5.10 Å². The zero-order valence-electron chi connectivity index (χ0n) is 17.6. The van der Waals surface area contributed by atoms with E-state index in [9.17, 15) is 9.18 Å². The summed E-state index contributed by atoms with van der Waals surface area (Å²) in [6.07, 6.45) is 5.71. The van der Waals surface area contributed by atoms with Crippen molar-refractivity contribution in [3.05, 3.63) is 84.4 Å². The molecule has 33 heavy (non-hydrogen) atoms. The van der Waals surface area contributed by atoms with Crippen LogP contribution in [0.2, 0.25) is 5.02 Å². The molecule has 166 valence electrons. The Hall–Kier alpha value is -3.71. The van der Waals surface area contributed by atoms with Crippen molar-refractivity contribution in [2.75, 3.05) is 13.1 Å². The van der Waals surface area contributed by atoms with Gasteiger partial charge in [0.2, 0.25) is 5.91 Å². The van der Waals surface area contributed by atoms with Crippen LogP contribution in [0, 0.1) is 5.82 Å². The third kappa shape index (κ3) is 3.96. The van der Waals surface area contributed by atoms with Crippen LogP contribution in [0.5, 0.6) is 11.5 Å². The van der Waals surface area contributed by atoms with Gasteiger partial charge < -0.3 is 9.64 Å². The maximum absolute atomic E-state index is 13.7. The number of ether oxygens (including phenoxy) is 1. The third-order valence-corrected chi connectivity index (χ3v) is 6.14. The van der Waals surface area contributed by atoms with Crippen LogP contribution >= 0.6 is 11.6 Å². The average molecular weight is 463 g/mol. The predicted molar refractivity (Wildman–Crippen MR) is 125 cm³/mol. The summed E-state index contributed by atoms with van der Waals surface area (Å²) in [5.74, 6) is 0.186. The minimum absolute atomic E-state index is 0.0575. The monoisotopic (exact) mass is 462 g/mol. The van der Waals surface area contributed by atoms with Gasteiger partial charge in [0, 0.05) is 36.4 Å². The average Bonchev–Trinajstić information content (AvgIpc) is 3.47. The highest BCUT2D eigenvalue weighted by Gasteiger charge is 2.28. The Morgan fingerprint density at radius 1 is 1.21 bits per heavy atom. The minimum atomic E-state index is -0.532. The number of hydrogen-bond donors (Lipinski definition) is 0. The molecule has 6 nitrogen and oxygen atoms in total. The summed E-state index contributed by atoms with van der Waals surface area (Å²) < 4.78 is 21.4. The highest BCUT2D eigenvalue weighted by molar-refractivity contribution is 6.32. The fourth-order valence-corrected chi connectivity index (χ4v) is 4.28. The molecule has 1 amide bonds. The molecule has 0 bridgehead atoms. The van der Waals surface area contributed by atoms with Gasteiger partial charge in [0.05, 0.1) is 11.6 Å². The van der Waals surface area contributed by atoms with Gasteiger partial charge in [0.1, 0.15) is 28.0 Å². The Labute approximate surface area is 194 Å². The van der Waals surface area contributed by atoms with E-state index in [1.165, 1.54) is 12.1 Å². The number of fused-ring (bicyclic) bond motifs is 1. The number of carbonyl (C=O) groups is 1. The Morgan fingerprint density at radius 2 is 2.03 bits per heavy atom. The van der Waals surface area contributed by atoms with E-state index < -0.39 is 5.82 Å². The lowest BCUT2D eigenvalue weighted by Gasteiger charge is -2.15. The van der Waals surface area contributed by atoms with E-state index >= 15 is 0 Å². The van der Waals surface area contributed by atoms with E-state index in [1.807, 2.05) is 22.9 Å². The highest BCUT2D eigenvalue weighted by Crippen LogP contribution is 2.35. The SMILES string of the molecule is C=CC(=O)N1CC[C@@H](n2nc(-c3ccc(Oc4cccc(F)c4Cl)cc3)c3cnccc32)C1. The summed E-state index contributed by atoms with van der Waals surface area (Å²) in [6, 6.07) is 13.8. The molecule has 1 aliphatic heterocycles. The van der Waals surface area contributed by atoms with E-state index in [4.69, 9.17) is 21.4 Å². The van der Waals surface area contributed by atoms with Crippen LogP contribution in [0.4, 0.5) is 4.39 Å². The van der Waals surface area contributed by atoms with Crippen molar-refractivity contribution in [1.29, 1.82) is 0 Å². The first-order valence-corrected chi connectivity index (χ1v) is 10.9. The maximum Gasteiger partial charge on any atom is 0.246 e.